The fourth-order valence-corrected chi connectivity index (χ4v) is 7.60. The molecule has 4 atom stereocenters. The fraction of sp³-hybridized carbons (Fsp3) is 0.304. The van der Waals surface area contributed by atoms with Gasteiger partial charge in [0.05, 0.1) is 30.8 Å². The summed E-state index contributed by atoms with van der Waals surface area (Å²) in [5, 5.41) is 26.4. The Balaban J connectivity index is 1.01. The Kier molecular flexibility index (Phi) is 13.6. The second-order valence-corrected chi connectivity index (χ2v) is 14.8. The van der Waals surface area contributed by atoms with E-state index >= 15 is 0 Å². The van der Waals surface area contributed by atoms with Crippen LogP contribution in [0.5, 0.6) is 0 Å². The highest BCUT2D eigenvalue weighted by molar-refractivity contribution is 5.83. The number of nitrogens with one attached hydrogen (secondary N) is 2. The third-order valence-corrected chi connectivity index (χ3v) is 10.8. The third kappa shape index (κ3) is 10.9. The number of urea groups is 1. The second kappa shape index (κ2) is 19.6. The van der Waals surface area contributed by atoms with Crippen molar-refractivity contribution in [2.75, 3.05) is 44.7 Å². The van der Waals surface area contributed by atoms with Crippen LogP contribution in [0.15, 0.2) is 127 Å². The molecule has 13 nitrogen and oxygen atoms in total. The molecule has 13 heteroatoms. The van der Waals surface area contributed by atoms with Crippen LogP contribution < -0.4 is 15.5 Å². The molecule has 2 fully saturated rings. The number of piperazine rings is 1. The maximum Gasteiger partial charge on any atom is 0.328 e. The summed E-state index contributed by atoms with van der Waals surface area (Å²) in [6, 6.07) is 38.7. The van der Waals surface area contributed by atoms with Crippen LogP contribution in [0.2, 0.25) is 0 Å². The number of aliphatic hydroxyl groups is 1. The molecule has 3 N–H and O–H groups in total. The SMILES string of the molecule is COC(=O)[C@H](Cc1ccccc1)NC(=O)NCc1cccc(-c2cccc([C@@H]3O[C@H](CN4CCN(c5ccc([N+](=O)[O-])cc5)CC4)C[C@H](c4ccc(CO)cc4)O3)c2)c1. The van der Waals surface area contributed by atoms with Crippen LogP contribution in [0.4, 0.5) is 16.2 Å². The fourth-order valence-electron chi connectivity index (χ4n) is 7.60. The maximum absolute atomic E-state index is 12.9. The van der Waals surface area contributed by atoms with Crippen LogP contribution in [0, 0.1) is 10.1 Å². The van der Waals surface area contributed by atoms with Crippen molar-refractivity contribution >= 4 is 23.4 Å². The van der Waals surface area contributed by atoms with Crippen molar-refractivity contribution < 1.29 is 33.8 Å². The number of carbonyl (C=O) groups is 2. The summed E-state index contributed by atoms with van der Waals surface area (Å²) in [4.78, 5) is 40.8. The van der Waals surface area contributed by atoms with Crippen LogP contribution in [0.25, 0.3) is 11.1 Å². The zero-order valence-corrected chi connectivity index (χ0v) is 32.9. The Bertz CT molecular complexity index is 2180. The first-order valence-electron chi connectivity index (χ1n) is 19.8. The molecule has 0 aliphatic carbocycles. The molecule has 2 amide bonds. The number of non-ortho nitro benzene ring substituents is 1. The van der Waals surface area contributed by atoms with Crippen molar-refractivity contribution in [3.63, 3.8) is 0 Å². The minimum absolute atomic E-state index is 0.0338. The molecule has 59 heavy (non-hydrogen) atoms. The predicted molar refractivity (Wildman–Crippen MR) is 223 cm³/mol. The predicted octanol–water partition coefficient (Wildman–Crippen LogP) is 6.71. The number of rotatable bonds is 14. The largest absolute Gasteiger partial charge is 0.467 e. The van der Waals surface area contributed by atoms with Crippen molar-refractivity contribution in [3.05, 3.63) is 165 Å². The molecule has 5 aromatic carbocycles. The topological polar surface area (TPSA) is 156 Å². The zero-order chi connectivity index (χ0) is 41.1. The number of hydrogen-bond donors (Lipinski definition) is 3. The van der Waals surface area contributed by atoms with Gasteiger partial charge in [0.2, 0.25) is 0 Å². The van der Waals surface area contributed by atoms with E-state index in [-0.39, 0.29) is 36.0 Å². The lowest BCUT2D eigenvalue weighted by atomic mass is 9.98. The lowest BCUT2D eigenvalue weighted by molar-refractivity contribution is -0.384. The van der Waals surface area contributed by atoms with Crippen LogP contribution in [0.3, 0.4) is 0 Å². The van der Waals surface area contributed by atoms with Crippen molar-refractivity contribution in [2.45, 2.75) is 50.5 Å². The summed E-state index contributed by atoms with van der Waals surface area (Å²) in [5.74, 6) is -0.520. The van der Waals surface area contributed by atoms with Crippen LogP contribution in [-0.2, 0) is 38.6 Å². The Labute approximate surface area is 343 Å². The normalized spacial score (nSPS) is 18.7. The van der Waals surface area contributed by atoms with E-state index in [0.29, 0.717) is 19.4 Å². The summed E-state index contributed by atoms with van der Waals surface area (Å²) in [6.45, 7) is 4.15. The lowest BCUT2D eigenvalue weighted by Gasteiger charge is -2.41. The van der Waals surface area contributed by atoms with Crippen molar-refractivity contribution in [3.8, 4) is 11.1 Å². The Morgan fingerprint density at radius 3 is 2.20 bits per heavy atom. The first-order valence-corrected chi connectivity index (χ1v) is 19.8. The van der Waals surface area contributed by atoms with Crippen LogP contribution in [0.1, 0.15) is 46.6 Å². The van der Waals surface area contributed by atoms with E-state index in [1.54, 1.807) is 12.1 Å². The number of aliphatic hydroxyl groups excluding tert-OH is 1. The summed E-state index contributed by atoms with van der Waals surface area (Å²) >= 11 is 0. The molecule has 0 radical (unpaired) electrons. The van der Waals surface area contributed by atoms with Gasteiger partial charge in [-0.2, -0.15) is 0 Å². The summed E-state index contributed by atoms with van der Waals surface area (Å²) in [6.07, 6.45) is -0.0277. The Hall–Kier alpha value is -6.12. The maximum atomic E-state index is 12.9. The molecule has 0 aromatic heterocycles. The molecule has 2 saturated heterocycles. The number of carbonyl (C=O) groups excluding carboxylic acids is 2. The van der Waals surface area contributed by atoms with E-state index in [9.17, 15) is 24.8 Å². The minimum Gasteiger partial charge on any atom is -0.467 e. The summed E-state index contributed by atoms with van der Waals surface area (Å²) in [5.41, 5.74) is 7.48. The average Bonchev–Trinajstić information content (AvgIpc) is 3.28. The molecule has 7 rings (SSSR count). The van der Waals surface area contributed by atoms with Gasteiger partial charge in [-0.1, -0.05) is 91.0 Å². The highest BCUT2D eigenvalue weighted by Crippen LogP contribution is 2.39. The average molecular weight is 800 g/mol. The highest BCUT2D eigenvalue weighted by atomic mass is 16.7. The van der Waals surface area contributed by atoms with E-state index < -0.39 is 24.3 Å². The molecule has 2 aliphatic heterocycles. The van der Waals surface area contributed by atoms with Gasteiger partial charge in [-0.3, -0.25) is 15.0 Å². The van der Waals surface area contributed by atoms with Crippen molar-refractivity contribution in [1.29, 1.82) is 0 Å². The van der Waals surface area contributed by atoms with Crippen LogP contribution >= 0.6 is 0 Å². The van der Waals surface area contributed by atoms with Gasteiger partial charge in [-0.25, -0.2) is 9.59 Å². The van der Waals surface area contributed by atoms with Crippen molar-refractivity contribution in [1.82, 2.24) is 15.5 Å². The van der Waals surface area contributed by atoms with Gasteiger partial charge in [-0.15, -0.1) is 0 Å². The quantitative estimate of drug-likeness (QED) is 0.0628. The molecular formula is C46H49N5O8. The summed E-state index contributed by atoms with van der Waals surface area (Å²) < 4.78 is 18.3. The zero-order valence-electron chi connectivity index (χ0n) is 32.9. The Morgan fingerprint density at radius 2 is 1.51 bits per heavy atom. The number of hydrogen-bond acceptors (Lipinski definition) is 10. The van der Waals surface area contributed by atoms with E-state index in [2.05, 4.69) is 26.5 Å². The molecule has 0 unspecified atom stereocenters. The van der Waals surface area contributed by atoms with Crippen LogP contribution in [-0.4, -0.2) is 78.9 Å². The van der Waals surface area contributed by atoms with Gasteiger partial charge in [-0.05, 0) is 57.6 Å². The molecule has 5 aromatic rings. The lowest BCUT2D eigenvalue weighted by Crippen LogP contribution is -2.49. The smallest absolute Gasteiger partial charge is 0.328 e. The number of methoxy groups -OCH3 is 1. The van der Waals surface area contributed by atoms with Crippen molar-refractivity contribution in [2.24, 2.45) is 0 Å². The number of nitro benzene ring substituents is 1. The molecule has 0 spiro atoms. The molecule has 0 bridgehead atoms. The summed E-state index contributed by atoms with van der Waals surface area (Å²) in [7, 11) is 1.30. The van der Waals surface area contributed by atoms with Gasteiger partial charge in [0.15, 0.2) is 6.29 Å². The number of ether oxygens (including phenoxy) is 3. The monoisotopic (exact) mass is 799 g/mol. The number of nitro groups is 1. The van der Waals surface area contributed by atoms with E-state index in [1.807, 2.05) is 109 Å². The van der Waals surface area contributed by atoms with Gasteiger partial charge in [0, 0.05) is 75.5 Å². The molecular weight excluding hydrogens is 751 g/mol. The van der Waals surface area contributed by atoms with E-state index in [1.165, 1.54) is 7.11 Å². The number of esters is 1. The number of anilines is 1. The molecule has 0 saturated carbocycles. The molecule has 2 aliphatic rings. The highest BCUT2D eigenvalue weighted by Gasteiger charge is 2.34. The third-order valence-electron chi connectivity index (χ3n) is 10.8. The number of nitrogens with zero attached hydrogens (tertiary/aromatic N) is 3. The first kappa shape index (κ1) is 41.1. The minimum atomic E-state index is -0.834. The molecule has 306 valence electrons. The van der Waals surface area contributed by atoms with Gasteiger partial charge in [0.1, 0.15) is 6.04 Å². The molecule has 2 heterocycles. The standard InChI is InChI=1S/C46H49N5O8/c1-57-44(53)42(26-32-7-3-2-4-8-32)48-46(54)47-29-34-9-5-10-36(25-34)37-11-6-12-38(27-37)45-58-41(28-43(59-45)35-15-13-33(31-52)14-16-35)30-49-21-23-50(24-22-49)39-17-19-40(20-18-39)51(55)56/h2-20,25,27,41-43,45,52H,21-24,26,28-31H2,1H3,(H2,47,48,54)/t41-,42-,43+,45+/m0/s1. The number of benzene rings is 5. The van der Waals surface area contributed by atoms with Gasteiger partial charge >= 0.3 is 12.0 Å². The van der Waals surface area contributed by atoms with Gasteiger partial charge < -0.3 is 34.9 Å². The van der Waals surface area contributed by atoms with E-state index in [4.69, 9.17) is 14.2 Å². The van der Waals surface area contributed by atoms with Gasteiger partial charge in [0.25, 0.3) is 5.69 Å². The Morgan fingerprint density at radius 1 is 0.814 bits per heavy atom. The second-order valence-electron chi connectivity index (χ2n) is 14.8. The first-order chi connectivity index (χ1) is 28.7. The number of amides is 2. The van der Waals surface area contributed by atoms with E-state index in [0.717, 1.165) is 70.8 Å².